The van der Waals surface area contributed by atoms with Gasteiger partial charge in [-0.2, -0.15) is 0 Å². The topological polar surface area (TPSA) is 144 Å². The Hall–Kier alpha value is -1.83. The highest BCUT2D eigenvalue weighted by Gasteiger charge is 2.20. The van der Waals surface area contributed by atoms with Crippen LogP contribution in [0.1, 0.15) is 0 Å². The number of amides is 1. The molecular weight excluding hydrogens is 410 g/mol. The zero-order valence-corrected chi connectivity index (χ0v) is 18.4. The quantitative estimate of drug-likeness (QED) is 0.197. The Balaban J connectivity index is 2.36. The maximum atomic E-state index is 12.3. The number of nitrogens with zero attached hydrogens (tertiary/aromatic N) is 3. The molecule has 31 heavy (non-hydrogen) atoms. The molecule has 0 bridgehead atoms. The Morgan fingerprint density at radius 2 is 1.13 bits per heavy atom. The fourth-order valence-electron chi connectivity index (χ4n) is 3.06. The molecule has 0 saturated carbocycles. The van der Waals surface area contributed by atoms with Crippen molar-refractivity contribution in [3.8, 4) is 0 Å². The third-order valence-corrected chi connectivity index (χ3v) is 4.72. The number of hydrogen-bond donors (Lipinski definition) is 4. The van der Waals surface area contributed by atoms with Gasteiger partial charge < -0.3 is 30.3 Å². The van der Waals surface area contributed by atoms with Gasteiger partial charge in [-0.15, -0.1) is 0 Å². The third-order valence-electron chi connectivity index (χ3n) is 4.72. The molecule has 1 heterocycles. The molecule has 180 valence electrons. The van der Waals surface area contributed by atoms with Crippen LogP contribution in [0.2, 0.25) is 0 Å². The van der Waals surface area contributed by atoms with Gasteiger partial charge in [-0.1, -0.05) is 0 Å². The fraction of sp³-hybridized carbons (Fsp3) is 0.842. The summed E-state index contributed by atoms with van der Waals surface area (Å²) >= 11 is 0. The second kappa shape index (κ2) is 16.8. The van der Waals surface area contributed by atoms with Crippen LogP contribution in [0.15, 0.2) is 0 Å². The van der Waals surface area contributed by atoms with Crippen LogP contribution in [0, 0.1) is 0 Å². The van der Waals surface area contributed by atoms with E-state index in [0.717, 1.165) is 6.54 Å². The molecule has 12 heteroatoms. The van der Waals surface area contributed by atoms with Crippen LogP contribution in [0.4, 0.5) is 0 Å². The lowest BCUT2D eigenvalue weighted by atomic mass is 10.4. The van der Waals surface area contributed by atoms with Gasteiger partial charge in [0.25, 0.3) is 0 Å². The molecule has 0 aliphatic carbocycles. The Bertz CT molecular complexity index is 510. The van der Waals surface area contributed by atoms with Crippen LogP contribution < -0.4 is 10.6 Å². The van der Waals surface area contributed by atoms with Crippen molar-refractivity contribution < 1.29 is 34.1 Å². The highest BCUT2D eigenvalue weighted by atomic mass is 16.5. The number of aliphatic carboxylic acids is 2. The summed E-state index contributed by atoms with van der Waals surface area (Å²) in [6.07, 6.45) is 0. The minimum atomic E-state index is -0.930. The molecule has 0 atom stereocenters. The first-order valence-corrected chi connectivity index (χ1v) is 10.6. The van der Waals surface area contributed by atoms with E-state index >= 15 is 0 Å². The number of carbonyl (C=O) groups excluding carboxylic acids is 1. The number of carboxylic acids is 2. The molecule has 1 aliphatic rings. The van der Waals surface area contributed by atoms with Crippen LogP contribution in [0.25, 0.3) is 0 Å². The number of likely N-dealkylation sites (N-methyl/N-ethyl adjacent to an activating group) is 1. The standard InChI is InChI=1S/C19H37N5O7/c1-20-2-10-30-12-13-31-11-3-21-17(25)14-22-4-6-23(15-18(26)27)8-9-24(7-5-22)16-19(28)29/h20H,2-16H2,1H3,(H,21,25)(H,26,27)(H,28,29). The van der Waals surface area contributed by atoms with Crippen molar-refractivity contribution in [3.05, 3.63) is 0 Å². The van der Waals surface area contributed by atoms with Gasteiger partial charge in [0.15, 0.2) is 0 Å². The number of ether oxygens (including phenoxy) is 2. The summed E-state index contributed by atoms with van der Waals surface area (Å²) in [6, 6.07) is 0. The van der Waals surface area contributed by atoms with Gasteiger partial charge in [0, 0.05) is 52.4 Å². The lowest BCUT2D eigenvalue weighted by Crippen LogP contribution is -2.43. The largest absolute Gasteiger partial charge is 0.480 e. The zero-order chi connectivity index (χ0) is 22.9. The average Bonchev–Trinajstić information content (AvgIpc) is 2.78. The molecule has 1 aliphatic heterocycles. The molecule has 0 unspecified atom stereocenters. The van der Waals surface area contributed by atoms with Crippen molar-refractivity contribution in [1.29, 1.82) is 0 Å². The van der Waals surface area contributed by atoms with E-state index in [4.69, 9.17) is 19.7 Å². The van der Waals surface area contributed by atoms with Gasteiger partial charge in [0.1, 0.15) is 0 Å². The van der Waals surface area contributed by atoms with E-state index in [1.54, 1.807) is 9.80 Å². The average molecular weight is 448 g/mol. The van der Waals surface area contributed by atoms with Crippen LogP contribution in [0.3, 0.4) is 0 Å². The van der Waals surface area contributed by atoms with Crippen molar-refractivity contribution in [1.82, 2.24) is 25.3 Å². The van der Waals surface area contributed by atoms with E-state index in [2.05, 4.69) is 10.6 Å². The summed E-state index contributed by atoms with van der Waals surface area (Å²) in [4.78, 5) is 39.9. The molecule has 1 rings (SSSR count). The molecular formula is C19H37N5O7. The molecule has 4 N–H and O–H groups in total. The normalized spacial score (nSPS) is 16.9. The van der Waals surface area contributed by atoms with Gasteiger partial charge in [-0.25, -0.2) is 0 Å². The number of carbonyl (C=O) groups is 3. The minimum absolute atomic E-state index is 0.114. The molecule has 0 spiro atoms. The summed E-state index contributed by atoms with van der Waals surface area (Å²) in [6.45, 7) is 6.08. The Morgan fingerprint density at radius 1 is 0.710 bits per heavy atom. The molecule has 0 radical (unpaired) electrons. The minimum Gasteiger partial charge on any atom is -0.480 e. The number of nitrogens with one attached hydrogen (secondary N) is 2. The monoisotopic (exact) mass is 447 g/mol. The van der Waals surface area contributed by atoms with E-state index in [1.807, 2.05) is 11.9 Å². The smallest absolute Gasteiger partial charge is 0.317 e. The molecule has 0 aromatic rings. The molecule has 0 aromatic carbocycles. The lowest BCUT2D eigenvalue weighted by Gasteiger charge is -2.24. The van der Waals surface area contributed by atoms with Crippen LogP contribution in [-0.2, 0) is 23.9 Å². The van der Waals surface area contributed by atoms with Gasteiger partial charge >= 0.3 is 11.9 Å². The molecule has 0 aromatic heterocycles. The number of rotatable bonds is 15. The predicted octanol–water partition coefficient (Wildman–Crippen LogP) is -2.56. The lowest BCUT2D eigenvalue weighted by molar-refractivity contribution is -0.140. The Labute approximate surface area is 183 Å². The van der Waals surface area contributed by atoms with Gasteiger partial charge in [-0.3, -0.25) is 29.1 Å². The highest BCUT2D eigenvalue weighted by Crippen LogP contribution is 2.01. The maximum absolute atomic E-state index is 12.3. The first kappa shape index (κ1) is 27.2. The van der Waals surface area contributed by atoms with Crippen molar-refractivity contribution in [3.63, 3.8) is 0 Å². The molecule has 1 fully saturated rings. The summed E-state index contributed by atoms with van der Waals surface area (Å²) in [5.41, 5.74) is 0. The second-order valence-corrected chi connectivity index (χ2v) is 7.29. The van der Waals surface area contributed by atoms with Crippen LogP contribution in [-0.4, -0.2) is 148 Å². The third kappa shape index (κ3) is 14.7. The predicted molar refractivity (Wildman–Crippen MR) is 113 cm³/mol. The summed E-state index contributed by atoms with van der Waals surface area (Å²) in [5, 5.41) is 24.0. The molecule has 12 nitrogen and oxygen atoms in total. The van der Waals surface area contributed by atoms with Crippen molar-refractivity contribution in [2.24, 2.45) is 0 Å². The zero-order valence-electron chi connectivity index (χ0n) is 18.4. The first-order chi connectivity index (χ1) is 14.9. The van der Waals surface area contributed by atoms with E-state index in [-0.39, 0.29) is 25.5 Å². The fourth-order valence-corrected chi connectivity index (χ4v) is 3.06. The van der Waals surface area contributed by atoms with Crippen molar-refractivity contribution >= 4 is 17.8 Å². The highest BCUT2D eigenvalue weighted by molar-refractivity contribution is 5.78. The van der Waals surface area contributed by atoms with Gasteiger partial charge in [0.05, 0.1) is 46.1 Å². The Kier molecular flexibility index (Phi) is 14.8. The van der Waals surface area contributed by atoms with Gasteiger partial charge in [-0.05, 0) is 7.05 Å². The summed E-state index contributed by atoms with van der Waals surface area (Å²) in [7, 11) is 1.86. The maximum Gasteiger partial charge on any atom is 0.317 e. The summed E-state index contributed by atoms with van der Waals surface area (Å²) < 4.78 is 10.7. The number of hydrogen-bond acceptors (Lipinski definition) is 9. The molecule has 1 saturated heterocycles. The van der Waals surface area contributed by atoms with E-state index in [0.29, 0.717) is 72.2 Å². The summed E-state index contributed by atoms with van der Waals surface area (Å²) in [5.74, 6) is -2.01. The van der Waals surface area contributed by atoms with E-state index in [1.165, 1.54) is 0 Å². The van der Waals surface area contributed by atoms with Crippen molar-refractivity contribution in [2.45, 2.75) is 0 Å². The van der Waals surface area contributed by atoms with Gasteiger partial charge in [0.2, 0.25) is 5.91 Å². The van der Waals surface area contributed by atoms with Crippen molar-refractivity contribution in [2.75, 3.05) is 105 Å². The van der Waals surface area contributed by atoms with Crippen LogP contribution in [0.5, 0.6) is 0 Å². The second-order valence-electron chi connectivity index (χ2n) is 7.29. The van der Waals surface area contributed by atoms with Crippen LogP contribution >= 0.6 is 0 Å². The molecule has 1 amide bonds. The Morgan fingerprint density at radius 3 is 1.55 bits per heavy atom. The first-order valence-electron chi connectivity index (χ1n) is 10.6. The SMILES string of the molecule is CNCCOCCOCCNC(=O)CN1CCN(CC(=O)O)CCN(CC(=O)O)CC1. The van der Waals surface area contributed by atoms with E-state index in [9.17, 15) is 14.4 Å². The number of carboxylic acid groups (broad SMARTS) is 2. The van der Waals surface area contributed by atoms with E-state index < -0.39 is 11.9 Å².